The average molecular weight is 482 g/mol. The summed E-state index contributed by atoms with van der Waals surface area (Å²) in [5.41, 5.74) is 3.09. The van der Waals surface area contributed by atoms with Gasteiger partial charge in [0.1, 0.15) is 16.5 Å². The molecular weight excluding hydrogens is 454 g/mol. The van der Waals surface area contributed by atoms with Crippen LogP contribution in [0, 0.1) is 6.92 Å². The van der Waals surface area contributed by atoms with Crippen molar-refractivity contribution in [3.63, 3.8) is 0 Å². The van der Waals surface area contributed by atoms with Gasteiger partial charge < -0.3 is 15.4 Å². The molecule has 34 heavy (non-hydrogen) atoms. The molecule has 8 heteroatoms. The third-order valence-electron chi connectivity index (χ3n) is 6.29. The van der Waals surface area contributed by atoms with Crippen LogP contribution in [0.25, 0.3) is 0 Å². The van der Waals surface area contributed by atoms with Crippen LogP contribution in [-0.4, -0.2) is 35.8 Å². The van der Waals surface area contributed by atoms with Gasteiger partial charge in [-0.15, -0.1) is 0 Å². The molecule has 0 unspecified atom stereocenters. The van der Waals surface area contributed by atoms with Crippen molar-refractivity contribution < 1.29 is 19.1 Å². The van der Waals surface area contributed by atoms with Crippen LogP contribution in [0.5, 0.6) is 5.75 Å². The number of aryl methyl sites for hydroxylation is 1. The lowest BCUT2D eigenvalue weighted by molar-refractivity contribution is -0.140. The highest BCUT2D eigenvalue weighted by molar-refractivity contribution is 6.47. The van der Waals surface area contributed by atoms with Crippen LogP contribution in [0.15, 0.2) is 53.2 Å². The minimum Gasteiger partial charge on any atom is -0.495 e. The van der Waals surface area contributed by atoms with Crippen molar-refractivity contribution in [2.45, 2.75) is 51.6 Å². The number of carbonyl (C=O) groups excluding carboxylic acids is 3. The van der Waals surface area contributed by atoms with Crippen molar-refractivity contribution in [1.82, 2.24) is 10.2 Å². The number of hydrogen-bond acceptors (Lipinski definition) is 5. The summed E-state index contributed by atoms with van der Waals surface area (Å²) in [6.07, 6.45) is 4.81. The summed E-state index contributed by atoms with van der Waals surface area (Å²) in [4.78, 5) is 39.5. The molecule has 2 aliphatic rings. The van der Waals surface area contributed by atoms with Gasteiger partial charge in [0.15, 0.2) is 0 Å². The summed E-state index contributed by atoms with van der Waals surface area (Å²) >= 11 is 6.23. The van der Waals surface area contributed by atoms with E-state index in [9.17, 15) is 14.4 Å². The Morgan fingerprint density at radius 1 is 1.06 bits per heavy atom. The van der Waals surface area contributed by atoms with Crippen molar-refractivity contribution in [2.75, 3.05) is 12.4 Å². The van der Waals surface area contributed by atoms with Crippen molar-refractivity contribution in [2.24, 2.45) is 0 Å². The van der Waals surface area contributed by atoms with Crippen LogP contribution in [-0.2, 0) is 16.1 Å². The molecule has 0 atom stereocenters. The molecule has 2 aromatic rings. The second-order valence-electron chi connectivity index (χ2n) is 8.67. The summed E-state index contributed by atoms with van der Waals surface area (Å²) < 4.78 is 5.31. The number of halogens is 1. The first-order valence-electron chi connectivity index (χ1n) is 11.5. The molecule has 1 heterocycles. The number of ether oxygens (including phenoxy) is 1. The van der Waals surface area contributed by atoms with E-state index in [0.717, 1.165) is 43.2 Å². The molecule has 0 aromatic heterocycles. The maximum atomic E-state index is 12.9. The molecular formula is C26H28ClN3O4. The van der Waals surface area contributed by atoms with Gasteiger partial charge in [0.2, 0.25) is 0 Å². The fourth-order valence-corrected chi connectivity index (χ4v) is 4.66. The zero-order chi connectivity index (χ0) is 24.2. The molecule has 1 aliphatic carbocycles. The molecule has 1 fully saturated rings. The number of imide groups is 1. The average Bonchev–Trinajstić information content (AvgIpc) is 3.06. The quantitative estimate of drug-likeness (QED) is 0.568. The van der Waals surface area contributed by atoms with Gasteiger partial charge in [-0.1, -0.05) is 49.1 Å². The number of rotatable bonds is 7. The predicted molar refractivity (Wildman–Crippen MR) is 131 cm³/mol. The fraction of sp³-hybridized carbons (Fsp3) is 0.346. The highest BCUT2D eigenvalue weighted by atomic mass is 35.5. The molecule has 0 spiro atoms. The molecule has 2 aromatic carbocycles. The Kier molecular flexibility index (Phi) is 7.22. The maximum absolute atomic E-state index is 12.9. The van der Waals surface area contributed by atoms with E-state index in [4.69, 9.17) is 16.3 Å². The van der Waals surface area contributed by atoms with Gasteiger partial charge in [0, 0.05) is 18.2 Å². The lowest BCUT2D eigenvalue weighted by atomic mass is 9.94. The third kappa shape index (κ3) is 4.94. The number of carbonyl (C=O) groups is 3. The van der Waals surface area contributed by atoms with Crippen LogP contribution >= 0.6 is 11.6 Å². The Morgan fingerprint density at radius 2 is 1.76 bits per heavy atom. The van der Waals surface area contributed by atoms with Crippen LogP contribution in [0.4, 0.5) is 5.69 Å². The summed E-state index contributed by atoms with van der Waals surface area (Å²) in [6.45, 7) is 2.24. The monoisotopic (exact) mass is 481 g/mol. The number of nitrogens with zero attached hydrogens (tertiary/aromatic N) is 1. The largest absolute Gasteiger partial charge is 0.495 e. The number of methoxy groups -OCH3 is 1. The van der Waals surface area contributed by atoms with Crippen LogP contribution in [0.3, 0.4) is 0 Å². The Hall–Kier alpha value is -3.32. The summed E-state index contributed by atoms with van der Waals surface area (Å²) in [5, 5.41) is 5.84. The molecule has 2 N–H and O–H groups in total. The molecule has 0 saturated heterocycles. The minimum atomic E-state index is -0.417. The SMILES string of the molecule is COc1ccc(C)cc1NC(=O)c1ccc(CNC2=C(Cl)C(=O)N(C3CCCCC3)C2=O)cc1. The van der Waals surface area contributed by atoms with Crippen LogP contribution < -0.4 is 15.4 Å². The standard InChI is InChI=1S/C26H28ClN3O4/c1-16-8-13-21(34-2)20(14-16)29-24(31)18-11-9-17(10-12-18)15-28-23-22(27)25(32)30(26(23)33)19-6-4-3-5-7-19/h8-14,19,28H,3-7,15H2,1-2H3,(H,29,31). The third-order valence-corrected chi connectivity index (χ3v) is 6.64. The van der Waals surface area contributed by atoms with E-state index in [1.807, 2.05) is 25.1 Å². The Balaban J connectivity index is 1.38. The Bertz CT molecular complexity index is 1140. The zero-order valence-corrected chi connectivity index (χ0v) is 20.1. The maximum Gasteiger partial charge on any atom is 0.278 e. The first-order valence-corrected chi connectivity index (χ1v) is 11.8. The van der Waals surface area contributed by atoms with Gasteiger partial charge >= 0.3 is 0 Å². The summed E-state index contributed by atoms with van der Waals surface area (Å²) in [7, 11) is 1.56. The zero-order valence-electron chi connectivity index (χ0n) is 19.3. The number of anilines is 1. The second-order valence-corrected chi connectivity index (χ2v) is 9.05. The van der Waals surface area contributed by atoms with Gasteiger partial charge in [-0.05, 0) is 55.2 Å². The summed E-state index contributed by atoms with van der Waals surface area (Å²) in [5.74, 6) is -0.443. The molecule has 0 bridgehead atoms. The predicted octanol–water partition coefficient (Wildman–Crippen LogP) is 4.50. The molecule has 178 valence electrons. The van der Waals surface area contributed by atoms with E-state index in [2.05, 4.69) is 10.6 Å². The smallest absolute Gasteiger partial charge is 0.278 e. The lowest BCUT2D eigenvalue weighted by Gasteiger charge is -2.29. The number of benzene rings is 2. The number of nitrogens with one attached hydrogen (secondary N) is 2. The number of amides is 3. The minimum absolute atomic E-state index is 0.0568. The highest BCUT2D eigenvalue weighted by Gasteiger charge is 2.41. The van der Waals surface area contributed by atoms with Gasteiger partial charge in [-0.2, -0.15) is 0 Å². The van der Waals surface area contributed by atoms with Gasteiger partial charge in [0.05, 0.1) is 12.8 Å². The van der Waals surface area contributed by atoms with E-state index in [0.29, 0.717) is 23.5 Å². The Labute approximate surface area is 204 Å². The molecule has 1 saturated carbocycles. The molecule has 3 amide bonds. The van der Waals surface area contributed by atoms with Crippen molar-refractivity contribution in [3.8, 4) is 5.75 Å². The van der Waals surface area contributed by atoms with Crippen molar-refractivity contribution in [1.29, 1.82) is 0 Å². The normalized spacial score (nSPS) is 16.7. The second kappa shape index (κ2) is 10.3. The lowest BCUT2D eigenvalue weighted by Crippen LogP contribution is -2.43. The first kappa shape index (κ1) is 23.8. The summed E-state index contributed by atoms with van der Waals surface area (Å²) in [6, 6.07) is 12.5. The fourth-order valence-electron chi connectivity index (χ4n) is 4.42. The number of hydrogen-bond donors (Lipinski definition) is 2. The molecule has 0 radical (unpaired) electrons. The van der Waals surface area contributed by atoms with Crippen LogP contribution in [0.1, 0.15) is 53.6 Å². The van der Waals surface area contributed by atoms with E-state index in [1.165, 1.54) is 4.90 Å². The van der Waals surface area contributed by atoms with Gasteiger partial charge in [-0.3, -0.25) is 19.3 Å². The van der Waals surface area contributed by atoms with Gasteiger partial charge in [-0.25, -0.2) is 0 Å². The van der Waals surface area contributed by atoms with E-state index in [-0.39, 0.29) is 28.6 Å². The van der Waals surface area contributed by atoms with Crippen LogP contribution in [0.2, 0.25) is 0 Å². The molecule has 1 aliphatic heterocycles. The van der Waals surface area contributed by atoms with E-state index < -0.39 is 5.91 Å². The molecule has 7 nitrogen and oxygen atoms in total. The van der Waals surface area contributed by atoms with Gasteiger partial charge in [0.25, 0.3) is 17.7 Å². The first-order chi connectivity index (χ1) is 16.4. The topological polar surface area (TPSA) is 87.7 Å². The molecule has 4 rings (SSSR count). The van der Waals surface area contributed by atoms with E-state index >= 15 is 0 Å². The highest BCUT2D eigenvalue weighted by Crippen LogP contribution is 2.31. The van der Waals surface area contributed by atoms with Crippen molar-refractivity contribution in [3.05, 3.63) is 69.9 Å². The van der Waals surface area contributed by atoms with Crippen molar-refractivity contribution >= 4 is 35.0 Å². The van der Waals surface area contributed by atoms with E-state index in [1.54, 1.807) is 31.4 Å². The Morgan fingerprint density at radius 3 is 2.44 bits per heavy atom.